The number of hydrogen-bond donors (Lipinski definition) is 1. The van der Waals surface area contributed by atoms with E-state index in [2.05, 4.69) is 21.2 Å². The van der Waals surface area contributed by atoms with E-state index in [1.807, 2.05) is 42.2 Å². The molecule has 4 rings (SSSR count). The Kier molecular flexibility index (Phi) is 4.91. The number of halogens is 1. The molecule has 0 fully saturated rings. The highest BCUT2D eigenvalue weighted by molar-refractivity contribution is 9.10. The molecule has 6 heteroatoms. The number of fused-ring (bicyclic) bond motifs is 2. The van der Waals surface area contributed by atoms with Gasteiger partial charge in [0.05, 0.1) is 12.6 Å². The highest BCUT2D eigenvalue weighted by atomic mass is 79.9. The normalized spacial score (nSPS) is 17.7. The van der Waals surface area contributed by atoms with E-state index in [9.17, 15) is 9.59 Å². The van der Waals surface area contributed by atoms with Gasteiger partial charge in [-0.2, -0.15) is 0 Å². The lowest BCUT2D eigenvalue weighted by molar-refractivity contribution is -0.118. The third-order valence-corrected chi connectivity index (χ3v) is 5.65. The highest BCUT2D eigenvalue weighted by Gasteiger charge is 2.26. The number of carbonyl (C=O) groups excluding carboxylic acids is 2. The minimum atomic E-state index is -0.101. The van der Waals surface area contributed by atoms with Crippen LogP contribution in [0.5, 0.6) is 5.75 Å². The molecule has 1 atom stereocenters. The molecule has 1 unspecified atom stereocenters. The van der Waals surface area contributed by atoms with Crippen LogP contribution < -0.4 is 15.0 Å². The summed E-state index contributed by atoms with van der Waals surface area (Å²) in [5, 5.41) is 3.13. The van der Waals surface area contributed by atoms with Crippen LogP contribution in [0.15, 0.2) is 40.9 Å². The molecule has 2 aromatic carbocycles. The van der Waals surface area contributed by atoms with Crippen molar-refractivity contribution in [2.75, 3.05) is 18.1 Å². The van der Waals surface area contributed by atoms with Crippen molar-refractivity contribution in [3.63, 3.8) is 0 Å². The fraction of sp³-hybridized carbons (Fsp3) is 0.333. The maximum Gasteiger partial charge on any atom is 0.251 e. The molecule has 2 aliphatic heterocycles. The monoisotopic (exact) mass is 428 g/mol. The lowest BCUT2D eigenvalue weighted by Crippen LogP contribution is -2.32. The van der Waals surface area contributed by atoms with Crippen LogP contribution in [0, 0.1) is 0 Å². The van der Waals surface area contributed by atoms with Crippen LogP contribution >= 0.6 is 15.9 Å². The molecule has 0 spiro atoms. The van der Waals surface area contributed by atoms with Crippen molar-refractivity contribution in [1.29, 1.82) is 0 Å². The molecule has 2 aromatic rings. The Morgan fingerprint density at radius 2 is 2.11 bits per heavy atom. The van der Waals surface area contributed by atoms with Gasteiger partial charge in [0, 0.05) is 40.7 Å². The number of nitrogens with one attached hydrogen (secondary N) is 1. The third kappa shape index (κ3) is 3.46. The Balaban J connectivity index is 1.54. The predicted molar refractivity (Wildman–Crippen MR) is 107 cm³/mol. The number of ether oxygens (including phenoxy) is 1. The lowest BCUT2D eigenvalue weighted by Gasteiger charge is -2.27. The van der Waals surface area contributed by atoms with Crippen LogP contribution in [-0.4, -0.2) is 25.0 Å². The lowest BCUT2D eigenvalue weighted by atomic mass is 10.00. The Morgan fingerprint density at radius 3 is 2.93 bits per heavy atom. The van der Waals surface area contributed by atoms with Gasteiger partial charge in [-0.1, -0.05) is 22.9 Å². The second-order valence-corrected chi connectivity index (χ2v) is 7.75. The predicted octanol–water partition coefficient (Wildman–Crippen LogP) is 4.00. The highest BCUT2D eigenvalue weighted by Crippen LogP contribution is 2.35. The molecule has 2 amide bonds. The zero-order valence-corrected chi connectivity index (χ0v) is 16.7. The molecular weight excluding hydrogens is 408 g/mol. The van der Waals surface area contributed by atoms with Gasteiger partial charge in [-0.15, -0.1) is 0 Å². The van der Waals surface area contributed by atoms with E-state index in [1.165, 1.54) is 0 Å². The number of amides is 2. The molecule has 2 heterocycles. The Bertz CT molecular complexity index is 912. The first-order valence-electron chi connectivity index (χ1n) is 9.23. The molecule has 2 aliphatic rings. The van der Waals surface area contributed by atoms with Crippen LogP contribution in [0.1, 0.15) is 47.3 Å². The largest absolute Gasteiger partial charge is 0.493 e. The van der Waals surface area contributed by atoms with Crippen molar-refractivity contribution in [3.05, 3.63) is 57.6 Å². The van der Waals surface area contributed by atoms with Gasteiger partial charge in [-0.3, -0.25) is 9.59 Å². The van der Waals surface area contributed by atoms with Gasteiger partial charge in [-0.25, -0.2) is 0 Å². The summed E-state index contributed by atoms with van der Waals surface area (Å²) in [5.74, 6) is 0.837. The van der Waals surface area contributed by atoms with Crippen molar-refractivity contribution in [2.24, 2.45) is 0 Å². The summed E-state index contributed by atoms with van der Waals surface area (Å²) in [5.41, 5.74) is 3.60. The van der Waals surface area contributed by atoms with Crippen molar-refractivity contribution in [2.45, 2.75) is 32.2 Å². The van der Waals surface area contributed by atoms with Crippen molar-refractivity contribution >= 4 is 33.4 Å². The number of anilines is 1. The van der Waals surface area contributed by atoms with E-state index in [0.717, 1.165) is 39.9 Å². The van der Waals surface area contributed by atoms with Crippen LogP contribution in [0.3, 0.4) is 0 Å². The molecule has 0 radical (unpaired) electrons. The minimum absolute atomic E-state index is 0.0785. The van der Waals surface area contributed by atoms with Crippen LogP contribution in [-0.2, 0) is 11.2 Å². The van der Waals surface area contributed by atoms with Gasteiger partial charge < -0.3 is 15.0 Å². The summed E-state index contributed by atoms with van der Waals surface area (Å²) in [7, 11) is 0. The fourth-order valence-electron chi connectivity index (χ4n) is 3.75. The molecule has 1 N–H and O–H groups in total. The molecule has 27 heavy (non-hydrogen) atoms. The Morgan fingerprint density at radius 1 is 1.26 bits per heavy atom. The second-order valence-electron chi connectivity index (χ2n) is 6.84. The van der Waals surface area contributed by atoms with E-state index in [-0.39, 0.29) is 17.9 Å². The summed E-state index contributed by atoms with van der Waals surface area (Å²) in [6.45, 7) is 3.14. The van der Waals surface area contributed by atoms with Crippen molar-refractivity contribution in [1.82, 2.24) is 5.32 Å². The zero-order valence-electron chi connectivity index (χ0n) is 15.1. The molecule has 0 aliphatic carbocycles. The summed E-state index contributed by atoms with van der Waals surface area (Å²) in [6, 6.07) is 11.4. The number of rotatable bonds is 3. The number of hydrogen-bond acceptors (Lipinski definition) is 3. The average Bonchev–Trinajstić information content (AvgIpc) is 3.11. The van der Waals surface area contributed by atoms with Gasteiger partial charge in [0.15, 0.2) is 0 Å². The fourth-order valence-corrected chi connectivity index (χ4v) is 4.13. The number of benzene rings is 2. The Hall–Kier alpha value is -2.34. The molecule has 0 saturated heterocycles. The van der Waals surface area contributed by atoms with E-state index in [1.54, 1.807) is 6.07 Å². The summed E-state index contributed by atoms with van der Waals surface area (Å²) < 4.78 is 6.65. The van der Waals surface area contributed by atoms with Crippen LogP contribution in [0.4, 0.5) is 5.69 Å². The molecule has 0 aromatic heterocycles. The first-order valence-corrected chi connectivity index (χ1v) is 10.0. The summed E-state index contributed by atoms with van der Waals surface area (Å²) in [4.78, 5) is 26.7. The van der Waals surface area contributed by atoms with Gasteiger partial charge in [0.2, 0.25) is 5.91 Å². The first kappa shape index (κ1) is 18.0. The van der Waals surface area contributed by atoms with Crippen LogP contribution in [0.25, 0.3) is 0 Å². The number of nitrogens with zero attached hydrogens (tertiary/aromatic N) is 1. The molecule has 0 saturated carbocycles. The minimum Gasteiger partial charge on any atom is -0.493 e. The van der Waals surface area contributed by atoms with E-state index < -0.39 is 0 Å². The van der Waals surface area contributed by atoms with Crippen LogP contribution in [0.2, 0.25) is 0 Å². The molecule has 5 nitrogen and oxygen atoms in total. The molecular formula is C21H21BrN2O3. The van der Waals surface area contributed by atoms with Crippen molar-refractivity contribution < 1.29 is 14.3 Å². The van der Waals surface area contributed by atoms with E-state index in [0.29, 0.717) is 25.1 Å². The molecule has 0 bridgehead atoms. The topological polar surface area (TPSA) is 58.6 Å². The summed E-state index contributed by atoms with van der Waals surface area (Å²) >= 11 is 3.49. The average molecular weight is 429 g/mol. The second kappa shape index (κ2) is 7.35. The van der Waals surface area contributed by atoms with Gasteiger partial charge in [0.25, 0.3) is 5.91 Å². The smallest absolute Gasteiger partial charge is 0.251 e. The van der Waals surface area contributed by atoms with Gasteiger partial charge in [-0.05, 0) is 48.4 Å². The quantitative estimate of drug-likeness (QED) is 0.803. The SMILES string of the molecule is CCC(=O)N1CCc2cc(C(=O)NC3CCOc4ccc(Br)cc43)ccc21. The standard InChI is InChI=1S/C21H21BrN2O3/c1-2-20(25)24-9-7-13-11-14(3-5-18(13)24)21(26)23-17-8-10-27-19-6-4-15(22)12-16(17)19/h3-6,11-12,17H,2,7-10H2,1H3,(H,23,26). The van der Waals surface area contributed by atoms with E-state index in [4.69, 9.17) is 4.74 Å². The summed E-state index contributed by atoms with van der Waals surface area (Å²) in [6.07, 6.45) is 2.01. The first-order chi connectivity index (χ1) is 13.1. The van der Waals surface area contributed by atoms with Gasteiger partial charge >= 0.3 is 0 Å². The number of carbonyl (C=O) groups is 2. The maximum absolute atomic E-state index is 12.8. The van der Waals surface area contributed by atoms with Crippen molar-refractivity contribution in [3.8, 4) is 5.75 Å². The third-order valence-electron chi connectivity index (χ3n) is 5.16. The van der Waals surface area contributed by atoms with Gasteiger partial charge in [0.1, 0.15) is 5.75 Å². The maximum atomic E-state index is 12.8. The zero-order chi connectivity index (χ0) is 19.0. The molecule has 140 valence electrons. The van der Waals surface area contributed by atoms with E-state index >= 15 is 0 Å². The Labute approximate surface area is 166 Å².